The summed E-state index contributed by atoms with van der Waals surface area (Å²) >= 11 is 0. The molecule has 1 aromatic carbocycles. The number of ether oxygens (including phenoxy) is 1. The van der Waals surface area contributed by atoms with Crippen molar-refractivity contribution in [3.63, 3.8) is 0 Å². The van der Waals surface area contributed by atoms with E-state index in [9.17, 15) is 4.79 Å². The normalized spacial score (nSPS) is 12.1. The molecule has 0 saturated heterocycles. The summed E-state index contributed by atoms with van der Waals surface area (Å²) in [5, 5.41) is 4.23. The number of rotatable bonds is 4. The molecule has 5 heteroatoms. The Morgan fingerprint density at radius 2 is 1.96 bits per heavy atom. The minimum absolute atomic E-state index is 0.0652. The fourth-order valence-corrected chi connectivity index (χ4v) is 2.69. The SMILES string of the molecule is COc1ccccc1C(C)N(C)C(=O)c1cnn2ccccc12. The summed E-state index contributed by atoms with van der Waals surface area (Å²) < 4.78 is 7.11. The lowest BCUT2D eigenvalue weighted by Crippen LogP contribution is -2.29. The van der Waals surface area contributed by atoms with Crippen molar-refractivity contribution in [1.29, 1.82) is 0 Å². The molecule has 3 rings (SSSR count). The van der Waals surface area contributed by atoms with Crippen LogP contribution in [0.2, 0.25) is 0 Å². The molecule has 0 radical (unpaired) electrons. The molecule has 0 saturated carbocycles. The van der Waals surface area contributed by atoms with Crippen molar-refractivity contribution in [2.24, 2.45) is 0 Å². The van der Waals surface area contributed by atoms with E-state index in [1.165, 1.54) is 0 Å². The molecule has 1 atom stereocenters. The van der Waals surface area contributed by atoms with Crippen LogP contribution < -0.4 is 4.74 Å². The van der Waals surface area contributed by atoms with Gasteiger partial charge in [-0.1, -0.05) is 24.3 Å². The maximum atomic E-state index is 12.9. The summed E-state index contributed by atoms with van der Waals surface area (Å²) in [5.41, 5.74) is 2.37. The highest BCUT2D eigenvalue weighted by Gasteiger charge is 2.23. The second-order valence-electron chi connectivity index (χ2n) is 5.42. The lowest BCUT2D eigenvalue weighted by atomic mass is 10.1. The molecule has 0 aliphatic carbocycles. The van der Waals surface area contributed by atoms with Gasteiger partial charge in [0.1, 0.15) is 5.75 Å². The molecule has 3 aromatic rings. The lowest BCUT2D eigenvalue weighted by molar-refractivity contribution is 0.0743. The van der Waals surface area contributed by atoms with Crippen molar-refractivity contribution in [2.75, 3.05) is 14.2 Å². The fourth-order valence-electron chi connectivity index (χ4n) is 2.69. The quantitative estimate of drug-likeness (QED) is 0.743. The van der Waals surface area contributed by atoms with E-state index in [-0.39, 0.29) is 11.9 Å². The van der Waals surface area contributed by atoms with Crippen molar-refractivity contribution in [3.8, 4) is 5.75 Å². The topological polar surface area (TPSA) is 46.8 Å². The molecule has 0 aliphatic heterocycles. The number of amides is 1. The number of fused-ring (bicyclic) bond motifs is 1. The van der Waals surface area contributed by atoms with Gasteiger partial charge in [0.2, 0.25) is 0 Å². The second-order valence-corrected chi connectivity index (χ2v) is 5.42. The maximum Gasteiger partial charge on any atom is 0.257 e. The summed E-state index contributed by atoms with van der Waals surface area (Å²) in [6, 6.07) is 13.3. The first-order chi connectivity index (χ1) is 11.1. The third-order valence-corrected chi connectivity index (χ3v) is 4.15. The van der Waals surface area contributed by atoms with Gasteiger partial charge >= 0.3 is 0 Å². The number of carbonyl (C=O) groups is 1. The van der Waals surface area contributed by atoms with Gasteiger partial charge in [0.15, 0.2) is 0 Å². The van der Waals surface area contributed by atoms with E-state index in [2.05, 4.69) is 5.10 Å². The third kappa shape index (κ3) is 2.65. The molecule has 0 fully saturated rings. The van der Waals surface area contributed by atoms with Gasteiger partial charge in [-0.2, -0.15) is 5.10 Å². The van der Waals surface area contributed by atoms with Crippen LogP contribution in [0, 0.1) is 0 Å². The standard InChI is InChI=1S/C18H19N3O2/c1-13(14-8-4-5-10-17(14)23-3)20(2)18(22)15-12-19-21-11-7-6-9-16(15)21/h4-13H,1-3H3. The van der Waals surface area contributed by atoms with E-state index in [0.717, 1.165) is 16.8 Å². The fraction of sp³-hybridized carbons (Fsp3) is 0.222. The van der Waals surface area contributed by atoms with Crippen LogP contribution in [-0.4, -0.2) is 34.6 Å². The molecule has 0 aliphatic rings. The molecular formula is C18H19N3O2. The molecule has 5 nitrogen and oxygen atoms in total. The Morgan fingerprint density at radius 3 is 2.74 bits per heavy atom. The van der Waals surface area contributed by atoms with Crippen LogP contribution in [-0.2, 0) is 0 Å². The molecule has 2 heterocycles. The van der Waals surface area contributed by atoms with Crippen molar-refractivity contribution in [2.45, 2.75) is 13.0 Å². The van der Waals surface area contributed by atoms with Crippen LogP contribution >= 0.6 is 0 Å². The highest BCUT2D eigenvalue weighted by Crippen LogP contribution is 2.29. The highest BCUT2D eigenvalue weighted by atomic mass is 16.5. The van der Waals surface area contributed by atoms with Gasteiger partial charge in [-0.15, -0.1) is 0 Å². The Kier molecular flexibility index (Phi) is 4.02. The van der Waals surface area contributed by atoms with Crippen LogP contribution in [0.15, 0.2) is 54.9 Å². The largest absolute Gasteiger partial charge is 0.496 e. The summed E-state index contributed by atoms with van der Waals surface area (Å²) in [7, 11) is 3.44. The lowest BCUT2D eigenvalue weighted by Gasteiger charge is -2.26. The summed E-state index contributed by atoms with van der Waals surface area (Å²) in [6.45, 7) is 1.99. The molecule has 1 unspecified atom stereocenters. The first-order valence-electron chi connectivity index (χ1n) is 7.46. The van der Waals surface area contributed by atoms with Gasteiger partial charge in [-0.05, 0) is 25.1 Å². The average Bonchev–Trinajstić information content (AvgIpc) is 3.03. The third-order valence-electron chi connectivity index (χ3n) is 4.15. The number of benzene rings is 1. The van der Waals surface area contributed by atoms with Crippen LogP contribution in [0.3, 0.4) is 0 Å². The van der Waals surface area contributed by atoms with E-state index >= 15 is 0 Å². The molecule has 118 valence electrons. The van der Waals surface area contributed by atoms with E-state index in [1.54, 1.807) is 29.8 Å². The predicted molar refractivity (Wildman–Crippen MR) is 88.7 cm³/mol. The van der Waals surface area contributed by atoms with Crippen LogP contribution in [0.1, 0.15) is 28.9 Å². The van der Waals surface area contributed by atoms with Crippen molar-refractivity contribution in [1.82, 2.24) is 14.5 Å². The molecular weight excluding hydrogens is 290 g/mol. The molecule has 0 spiro atoms. The van der Waals surface area contributed by atoms with Crippen molar-refractivity contribution >= 4 is 11.4 Å². The number of pyridine rings is 1. The predicted octanol–water partition coefficient (Wildman–Crippen LogP) is 3.18. The number of aromatic nitrogens is 2. The minimum Gasteiger partial charge on any atom is -0.496 e. The van der Waals surface area contributed by atoms with Gasteiger partial charge < -0.3 is 9.64 Å². The Balaban J connectivity index is 1.93. The van der Waals surface area contributed by atoms with E-state index < -0.39 is 0 Å². The Hall–Kier alpha value is -2.82. The van der Waals surface area contributed by atoms with E-state index in [4.69, 9.17) is 4.74 Å². The second kappa shape index (κ2) is 6.12. The Labute approximate surface area is 135 Å². The number of carbonyl (C=O) groups excluding carboxylic acids is 1. The Bertz CT molecular complexity index is 841. The zero-order valence-corrected chi connectivity index (χ0v) is 13.4. The molecule has 0 N–H and O–H groups in total. The van der Waals surface area contributed by atoms with Crippen LogP contribution in [0.25, 0.3) is 5.52 Å². The number of hydrogen-bond donors (Lipinski definition) is 0. The van der Waals surface area contributed by atoms with Crippen molar-refractivity contribution < 1.29 is 9.53 Å². The van der Waals surface area contributed by atoms with Crippen molar-refractivity contribution in [3.05, 3.63) is 66.0 Å². The van der Waals surface area contributed by atoms with Gasteiger partial charge in [0, 0.05) is 18.8 Å². The van der Waals surface area contributed by atoms with E-state index in [0.29, 0.717) is 5.56 Å². The maximum absolute atomic E-state index is 12.9. The van der Waals surface area contributed by atoms with Crippen LogP contribution in [0.5, 0.6) is 5.75 Å². The smallest absolute Gasteiger partial charge is 0.257 e. The molecule has 23 heavy (non-hydrogen) atoms. The number of hydrogen-bond acceptors (Lipinski definition) is 3. The first kappa shape index (κ1) is 15.1. The zero-order valence-electron chi connectivity index (χ0n) is 13.4. The number of methoxy groups -OCH3 is 1. The van der Waals surface area contributed by atoms with E-state index in [1.807, 2.05) is 55.6 Å². The molecule has 2 aromatic heterocycles. The average molecular weight is 309 g/mol. The van der Waals surface area contributed by atoms with Gasteiger partial charge in [0.05, 0.1) is 30.4 Å². The van der Waals surface area contributed by atoms with Gasteiger partial charge in [-0.25, -0.2) is 4.52 Å². The minimum atomic E-state index is -0.114. The monoisotopic (exact) mass is 309 g/mol. The summed E-state index contributed by atoms with van der Waals surface area (Å²) in [6.07, 6.45) is 3.44. The molecule has 1 amide bonds. The molecule has 0 bridgehead atoms. The first-order valence-corrected chi connectivity index (χ1v) is 7.46. The summed E-state index contributed by atoms with van der Waals surface area (Å²) in [4.78, 5) is 14.6. The highest BCUT2D eigenvalue weighted by molar-refractivity contribution is 6.00. The Morgan fingerprint density at radius 1 is 1.22 bits per heavy atom. The van der Waals surface area contributed by atoms with Gasteiger partial charge in [-0.3, -0.25) is 4.79 Å². The van der Waals surface area contributed by atoms with Crippen LogP contribution in [0.4, 0.5) is 0 Å². The summed E-state index contributed by atoms with van der Waals surface area (Å²) in [5.74, 6) is 0.712. The number of nitrogens with zero attached hydrogens (tertiary/aromatic N) is 3. The zero-order chi connectivity index (χ0) is 16.4. The number of para-hydroxylation sites is 1. The van der Waals surface area contributed by atoms with Gasteiger partial charge in [0.25, 0.3) is 5.91 Å².